The number of nitrogens with one attached hydrogen (secondary N) is 1. The fourth-order valence-corrected chi connectivity index (χ4v) is 2.65. The summed E-state index contributed by atoms with van der Waals surface area (Å²) < 4.78 is 1.76. The van der Waals surface area contributed by atoms with Gasteiger partial charge in [0.25, 0.3) is 5.91 Å². The van der Waals surface area contributed by atoms with E-state index in [1.165, 1.54) is 5.56 Å². The van der Waals surface area contributed by atoms with Crippen molar-refractivity contribution in [3.63, 3.8) is 0 Å². The van der Waals surface area contributed by atoms with Crippen LogP contribution in [-0.2, 0) is 6.42 Å². The van der Waals surface area contributed by atoms with Gasteiger partial charge in [0.1, 0.15) is 5.56 Å². The van der Waals surface area contributed by atoms with Crippen molar-refractivity contribution >= 4 is 23.3 Å². The van der Waals surface area contributed by atoms with Crippen molar-refractivity contribution in [2.45, 2.75) is 27.2 Å². The summed E-state index contributed by atoms with van der Waals surface area (Å²) in [5.74, 6) is 0.792. The zero-order chi connectivity index (χ0) is 14.7. The van der Waals surface area contributed by atoms with E-state index in [4.69, 9.17) is 0 Å². The van der Waals surface area contributed by atoms with Gasteiger partial charge >= 0.3 is 0 Å². The second kappa shape index (κ2) is 6.26. The lowest BCUT2D eigenvalue weighted by Crippen LogP contribution is -2.25. The van der Waals surface area contributed by atoms with Crippen LogP contribution in [0.15, 0.2) is 6.20 Å². The molecule has 2 heterocycles. The summed E-state index contributed by atoms with van der Waals surface area (Å²) in [6.45, 7) is 6.75. The minimum atomic E-state index is -0.107. The predicted octanol–water partition coefficient (Wildman–Crippen LogP) is 2.00. The number of aryl methyl sites for hydroxylation is 2. The zero-order valence-electron chi connectivity index (χ0n) is 12.4. The number of carbonyl (C=O) groups excluding carboxylic acids is 1. The molecule has 0 aromatic carbocycles. The number of nitrogens with zero attached hydrogens (tertiary/aromatic N) is 3. The van der Waals surface area contributed by atoms with E-state index in [2.05, 4.69) is 22.3 Å². The van der Waals surface area contributed by atoms with Crippen LogP contribution in [0.1, 0.15) is 34.2 Å². The van der Waals surface area contributed by atoms with Gasteiger partial charge < -0.3 is 5.32 Å². The third-order valence-corrected chi connectivity index (χ3v) is 4.01. The highest BCUT2D eigenvalue weighted by molar-refractivity contribution is 7.98. The van der Waals surface area contributed by atoms with Crippen LogP contribution in [0, 0.1) is 13.8 Å². The van der Waals surface area contributed by atoms with Crippen LogP contribution in [0.3, 0.4) is 0 Å². The van der Waals surface area contributed by atoms with Crippen molar-refractivity contribution in [1.29, 1.82) is 0 Å². The molecule has 0 aliphatic rings. The molecule has 0 fully saturated rings. The quantitative estimate of drug-likeness (QED) is 0.856. The van der Waals surface area contributed by atoms with Crippen molar-refractivity contribution in [3.8, 4) is 0 Å². The van der Waals surface area contributed by atoms with Crippen LogP contribution in [0.4, 0.5) is 0 Å². The maximum atomic E-state index is 12.2. The number of thioether (sulfide) groups is 1. The topological polar surface area (TPSA) is 59.3 Å². The van der Waals surface area contributed by atoms with E-state index < -0.39 is 0 Å². The Morgan fingerprint density at radius 2 is 2.20 bits per heavy atom. The minimum Gasteiger partial charge on any atom is -0.351 e. The summed E-state index contributed by atoms with van der Waals surface area (Å²) in [6, 6.07) is 0. The molecule has 0 atom stereocenters. The van der Waals surface area contributed by atoms with Gasteiger partial charge in [-0.05, 0) is 32.1 Å². The first kappa shape index (κ1) is 14.8. The molecule has 0 saturated heterocycles. The van der Waals surface area contributed by atoms with E-state index in [0.29, 0.717) is 17.8 Å². The Labute approximate surface area is 123 Å². The third-order valence-electron chi connectivity index (χ3n) is 3.40. The van der Waals surface area contributed by atoms with Gasteiger partial charge in [-0.15, -0.1) is 0 Å². The number of carbonyl (C=O) groups is 1. The van der Waals surface area contributed by atoms with Crippen LogP contribution < -0.4 is 5.32 Å². The van der Waals surface area contributed by atoms with Crippen molar-refractivity contribution < 1.29 is 4.79 Å². The lowest BCUT2D eigenvalue weighted by molar-refractivity contribution is 0.0957. The summed E-state index contributed by atoms with van der Waals surface area (Å²) in [6.07, 6.45) is 4.53. The standard InChI is InChI=1S/C14H20N4OS/c1-5-11-9(2)17-13-12(8-16-18(13)10(11)3)14(19)15-6-7-20-4/h8H,5-7H2,1-4H3,(H,15,19). The van der Waals surface area contributed by atoms with Crippen LogP contribution in [-0.4, -0.2) is 39.1 Å². The maximum Gasteiger partial charge on any atom is 0.256 e. The van der Waals surface area contributed by atoms with Gasteiger partial charge in [-0.25, -0.2) is 9.50 Å². The van der Waals surface area contributed by atoms with Crippen molar-refractivity contribution in [2.75, 3.05) is 18.6 Å². The van der Waals surface area contributed by atoms with Gasteiger partial charge in [0, 0.05) is 23.7 Å². The fourth-order valence-electron chi connectivity index (χ4n) is 2.34. The molecule has 1 N–H and O–H groups in total. The third kappa shape index (κ3) is 2.65. The van der Waals surface area contributed by atoms with Crippen molar-refractivity contribution in [2.24, 2.45) is 0 Å². The molecule has 5 nitrogen and oxygen atoms in total. The van der Waals surface area contributed by atoms with Gasteiger partial charge in [-0.1, -0.05) is 6.92 Å². The molecule has 2 aromatic heterocycles. The molecule has 0 saturated carbocycles. The molecule has 0 spiro atoms. The van der Waals surface area contributed by atoms with E-state index in [0.717, 1.165) is 23.6 Å². The highest BCUT2D eigenvalue weighted by Gasteiger charge is 2.17. The van der Waals surface area contributed by atoms with Gasteiger partial charge in [0.05, 0.1) is 6.20 Å². The monoisotopic (exact) mass is 292 g/mol. The van der Waals surface area contributed by atoms with E-state index in [1.807, 2.05) is 20.1 Å². The Morgan fingerprint density at radius 1 is 1.45 bits per heavy atom. The highest BCUT2D eigenvalue weighted by Crippen LogP contribution is 2.17. The molecule has 0 aliphatic carbocycles. The molecule has 0 aliphatic heterocycles. The van der Waals surface area contributed by atoms with E-state index in [9.17, 15) is 4.79 Å². The molecule has 0 unspecified atom stereocenters. The van der Waals surface area contributed by atoms with E-state index >= 15 is 0 Å². The lowest BCUT2D eigenvalue weighted by atomic mass is 10.1. The Bertz CT molecular complexity index is 636. The number of hydrogen-bond donors (Lipinski definition) is 1. The summed E-state index contributed by atoms with van der Waals surface area (Å²) >= 11 is 1.70. The molecule has 0 bridgehead atoms. The Kier molecular flexibility index (Phi) is 4.65. The summed E-state index contributed by atoms with van der Waals surface area (Å²) in [5, 5.41) is 7.20. The molecular weight excluding hydrogens is 272 g/mol. The van der Waals surface area contributed by atoms with Crippen LogP contribution in [0.2, 0.25) is 0 Å². The smallest absolute Gasteiger partial charge is 0.256 e. The maximum absolute atomic E-state index is 12.2. The number of aromatic nitrogens is 3. The summed E-state index contributed by atoms with van der Waals surface area (Å²) in [4.78, 5) is 16.7. The van der Waals surface area contributed by atoms with Gasteiger partial charge in [-0.2, -0.15) is 16.9 Å². The van der Waals surface area contributed by atoms with Crippen LogP contribution in [0.25, 0.3) is 5.65 Å². The lowest BCUT2D eigenvalue weighted by Gasteiger charge is -2.09. The number of amides is 1. The molecule has 0 radical (unpaired) electrons. The largest absolute Gasteiger partial charge is 0.351 e. The Balaban J connectivity index is 2.39. The van der Waals surface area contributed by atoms with Crippen molar-refractivity contribution in [3.05, 3.63) is 28.7 Å². The Hall–Kier alpha value is -1.56. The van der Waals surface area contributed by atoms with E-state index in [-0.39, 0.29) is 5.91 Å². The fraction of sp³-hybridized carbons (Fsp3) is 0.500. The predicted molar refractivity (Wildman–Crippen MR) is 82.6 cm³/mol. The molecule has 2 aromatic rings. The number of rotatable bonds is 5. The average Bonchev–Trinajstić information content (AvgIpc) is 2.83. The first-order valence-corrected chi connectivity index (χ1v) is 8.10. The molecule has 6 heteroatoms. The normalized spacial score (nSPS) is 11.0. The van der Waals surface area contributed by atoms with Gasteiger partial charge in [0.15, 0.2) is 5.65 Å². The first-order valence-electron chi connectivity index (χ1n) is 6.71. The van der Waals surface area contributed by atoms with E-state index in [1.54, 1.807) is 22.5 Å². The van der Waals surface area contributed by atoms with Gasteiger partial charge in [-0.3, -0.25) is 4.79 Å². The summed E-state index contributed by atoms with van der Waals surface area (Å²) in [7, 11) is 0. The zero-order valence-corrected chi connectivity index (χ0v) is 13.2. The molecule has 20 heavy (non-hydrogen) atoms. The molecule has 108 valence electrons. The number of hydrogen-bond acceptors (Lipinski definition) is 4. The minimum absolute atomic E-state index is 0.107. The second-order valence-corrected chi connectivity index (χ2v) is 5.64. The first-order chi connectivity index (χ1) is 9.60. The van der Waals surface area contributed by atoms with Crippen LogP contribution >= 0.6 is 11.8 Å². The molecular formula is C14H20N4OS. The average molecular weight is 292 g/mol. The SMILES string of the molecule is CCc1c(C)nc2c(C(=O)NCCSC)cnn2c1C. The van der Waals surface area contributed by atoms with Crippen LogP contribution in [0.5, 0.6) is 0 Å². The molecule has 2 rings (SSSR count). The molecule has 1 amide bonds. The summed E-state index contributed by atoms with van der Waals surface area (Å²) in [5.41, 5.74) is 4.39. The van der Waals surface area contributed by atoms with Gasteiger partial charge in [0.2, 0.25) is 0 Å². The number of fused-ring (bicyclic) bond motifs is 1. The highest BCUT2D eigenvalue weighted by atomic mass is 32.2. The van der Waals surface area contributed by atoms with Crippen molar-refractivity contribution in [1.82, 2.24) is 19.9 Å². The second-order valence-electron chi connectivity index (χ2n) is 4.66. The Morgan fingerprint density at radius 3 is 2.85 bits per heavy atom.